The van der Waals surface area contributed by atoms with Crippen molar-refractivity contribution >= 4 is 39.1 Å². The van der Waals surface area contributed by atoms with Gasteiger partial charge in [0.1, 0.15) is 5.75 Å². The molecule has 0 spiro atoms. The molecule has 12 heteroatoms. The van der Waals surface area contributed by atoms with Gasteiger partial charge in [-0.25, -0.2) is 8.42 Å². The number of nitrogens with one attached hydrogen (secondary N) is 2. The Morgan fingerprint density at radius 2 is 1.90 bits per heavy atom. The van der Waals surface area contributed by atoms with Crippen LogP contribution >= 0.6 is 11.6 Å². The van der Waals surface area contributed by atoms with Gasteiger partial charge >= 0.3 is 6.61 Å². The Morgan fingerprint density at radius 3 is 2.50 bits per heavy atom. The SMILES string of the molecule is O=C1CN(S(=O)(=O)c2ccc(C(=O)Nc3ccc(OC(F)F)c(Cl)c3)cc2)CCN1. The molecule has 0 aliphatic carbocycles. The van der Waals surface area contributed by atoms with Gasteiger partial charge in [0, 0.05) is 24.3 Å². The molecule has 2 amide bonds. The van der Waals surface area contributed by atoms with E-state index in [9.17, 15) is 26.8 Å². The maximum absolute atomic E-state index is 12.6. The summed E-state index contributed by atoms with van der Waals surface area (Å²) in [7, 11) is -3.87. The average molecular weight is 460 g/mol. The van der Waals surface area contributed by atoms with Crippen molar-refractivity contribution in [2.45, 2.75) is 11.5 Å². The topological polar surface area (TPSA) is 105 Å². The summed E-state index contributed by atoms with van der Waals surface area (Å²) in [6, 6.07) is 8.95. The Labute approximate surface area is 175 Å². The van der Waals surface area contributed by atoms with Gasteiger partial charge in [0.2, 0.25) is 15.9 Å². The van der Waals surface area contributed by atoms with Crippen LogP contribution in [-0.2, 0) is 14.8 Å². The fourth-order valence-corrected chi connectivity index (χ4v) is 4.34. The zero-order chi connectivity index (χ0) is 21.9. The minimum absolute atomic E-state index is 0.0507. The average Bonchev–Trinajstić information content (AvgIpc) is 2.70. The number of nitrogens with zero attached hydrogens (tertiary/aromatic N) is 1. The van der Waals surface area contributed by atoms with Crippen molar-refractivity contribution < 1.29 is 31.5 Å². The van der Waals surface area contributed by atoms with Crippen LogP contribution in [0.1, 0.15) is 10.4 Å². The lowest BCUT2D eigenvalue weighted by atomic mass is 10.2. The molecular formula is C18H16ClF2N3O5S. The van der Waals surface area contributed by atoms with Gasteiger partial charge in [-0.2, -0.15) is 13.1 Å². The Morgan fingerprint density at radius 1 is 1.20 bits per heavy atom. The second-order valence-corrected chi connectivity index (χ2v) is 8.54. The van der Waals surface area contributed by atoms with E-state index in [-0.39, 0.29) is 52.5 Å². The first-order valence-corrected chi connectivity index (χ1v) is 10.4. The van der Waals surface area contributed by atoms with Gasteiger partial charge in [-0.1, -0.05) is 11.6 Å². The van der Waals surface area contributed by atoms with Gasteiger partial charge < -0.3 is 15.4 Å². The molecule has 1 aliphatic rings. The molecule has 2 aromatic carbocycles. The van der Waals surface area contributed by atoms with E-state index in [0.717, 1.165) is 4.31 Å². The van der Waals surface area contributed by atoms with Crippen LogP contribution in [-0.4, -0.2) is 50.8 Å². The Hall–Kier alpha value is -2.76. The zero-order valence-electron chi connectivity index (χ0n) is 15.3. The predicted molar refractivity (Wildman–Crippen MR) is 104 cm³/mol. The Kier molecular flexibility index (Phi) is 6.54. The van der Waals surface area contributed by atoms with Crippen LogP contribution in [0.4, 0.5) is 14.5 Å². The molecule has 1 fully saturated rings. The van der Waals surface area contributed by atoms with Crippen molar-refractivity contribution in [3.05, 3.63) is 53.1 Å². The van der Waals surface area contributed by atoms with Crippen molar-refractivity contribution in [3.8, 4) is 5.75 Å². The first-order chi connectivity index (χ1) is 14.2. The Bertz CT molecular complexity index is 1060. The van der Waals surface area contributed by atoms with Gasteiger partial charge in [-0.15, -0.1) is 0 Å². The summed E-state index contributed by atoms with van der Waals surface area (Å²) in [5.41, 5.74) is 0.400. The number of hydrogen-bond donors (Lipinski definition) is 2. The van der Waals surface area contributed by atoms with Crippen molar-refractivity contribution in [1.29, 1.82) is 0 Å². The molecule has 0 saturated carbocycles. The summed E-state index contributed by atoms with van der Waals surface area (Å²) in [5, 5.41) is 4.96. The van der Waals surface area contributed by atoms with Crippen LogP contribution in [0.5, 0.6) is 5.75 Å². The van der Waals surface area contributed by atoms with E-state index in [1.54, 1.807) is 0 Å². The number of carbonyl (C=O) groups excluding carboxylic acids is 2. The number of anilines is 1. The molecule has 8 nitrogen and oxygen atoms in total. The first kappa shape index (κ1) is 21.9. The highest BCUT2D eigenvalue weighted by atomic mass is 35.5. The Balaban J connectivity index is 1.71. The number of alkyl halides is 2. The molecule has 0 unspecified atom stereocenters. The monoisotopic (exact) mass is 459 g/mol. The minimum atomic E-state index is -3.87. The minimum Gasteiger partial charge on any atom is -0.433 e. The van der Waals surface area contributed by atoms with E-state index in [1.165, 1.54) is 42.5 Å². The maximum atomic E-state index is 12.6. The smallest absolute Gasteiger partial charge is 0.387 e. The van der Waals surface area contributed by atoms with Crippen LogP contribution in [0.15, 0.2) is 47.4 Å². The highest BCUT2D eigenvalue weighted by Gasteiger charge is 2.29. The van der Waals surface area contributed by atoms with Crippen LogP contribution in [0.3, 0.4) is 0 Å². The second-order valence-electron chi connectivity index (χ2n) is 6.19. The number of hydrogen-bond acceptors (Lipinski definition) is 5. The van der Waals surface area contributed by atoms with E-state index >= 15 is 0 Å². The zero-order valence-corrected chi connectivity index (χ0v) is 16.8. The number of amides is 2. The molecule has 2 aromatic rings. The molecule has 1 heterocycles. The molecule has 30 heavy (non-hydrogen) atoms. The van der Waals surface area contributed by atoms with Gasteiger partial charge in [0.15, 0.2) is 0 Å². The third-order valence-corrected chi connectivity index (χ3v) is 6.32. The second kappa shape index (κ2) is 8.94. The molecule has 1 aliphatic heterocycles. The first-order valence-electron chi connectivity index (χ1n) is 8.59. The van der Waals surface area contributed by atoms with Crippen molar-refractivity contribution in [2.75, 3.05) is 25.0 Å². The quantitative estimate of drug-likeness (QED) is 0.689. The van der Waals surface area contributed by atoms with Gasteiger partial charge in [-0.05, 0) is 42.5 Å². The highest BCUT2D eigenvalue weighted by Crippen LogP contribution is 2.29. The maximum Gasteiger partial charge on any atom is 0.387 e. The molecule has 3 rings (SSSR count). The van der Waals surface area contributed by atoms with Crippen molar-refractivity contribution in [1.82, 2.24) is 9.62 Å². The summed E-state index contributed by atoms with van der Waals surface area (Å²) in [6.07, 6.45) is 0. The van der Waals surface area contributed by atoms with E-state index in [2.05, 4.69) is 15.4 Å². The number of benzene rings is 2. The lowest BCUT2D eigenvalue weighted by Gasteiger charge is -2.25. The van der Waals surface area contributed by atoms with Gasteiger partial charge in [-0.3, -0.25) is 9.59 Å². The van der Waals surface area contributed by atoms with Crippen LogP contribution in [0.25, 0.3) is 0 Å². The van der Waals surface area contributed by atoms with Gasteiger partial charge in [0.25, 0.3) is 5.91 Å². The summed E-state index contributed by atoms with van der Waals surface area (Å²) in [5.74, 6) is -1.18. The highest BCUT2D eigenvalue weighted by molar-refractivity contribution is 7.89. The third kappa shape index (κ3) is 5.04. The molecule has 1 saturated heterocycles. The molecular weight excluding hydrogens is 444 g/mol. The fraction of sp³-hybridized carbons (Fsp3) is 0.222. The molecule has 0 bridgehead atoms. The largest absolute Gasteiger partial charge is 0.433 e. The summed E-state index contributed by atoms with van der Waals surface area (Å²) in [4.78, 5) is 23.8. The lowest BCUT2D eigenvalue weighted by molar-refractivity contribution is -0.122. The summed E-state index contributed by atoms with van der Waals surface area (Å²) in [6.45, 7) is -2.92. The number of halogens is 3. The number of sulfonamides is 1. The number of carbonyl (C=O) groups is 2. The predicted octanol–water partition coefficient (Wildman–Crippen LogP) is 2.31. The number of piperazine rings is 1. The molecule has 0 radical (unpaired) electrons. The number of ether oxygens (including phenoxy) is 1. The van der Waals surface area contributed by atoms with Crippen LogP contribution in [0, 0.1) is 0 Å². The van der Waals surface area contributed by atoms with E-state index in [1.807, 2.05) is 0 Å². The summed E-state index contributed by atoms with van der Waals surface area (Å²) >= 11 is 5.85. The van der Waals surface area contributed by atoms with Crippen LogP contribution < -0.4 is 15.4 Å². The fourth-order valence-electron chi connectivity index (χ4n) is 2.72. The molecule has 160 valence electrons. The van der Waals surface area contributed by atoms with Crippen LogP contribution in [0.2, 0.25) is 5.02 Å². The molecule has 2 N–H and O–H groups in total. The van der Waals surface area contributed by atoms with E-state index < -0.39 is 22.5 Å². The van der Waals surface area contributed by atoms with Crippen molar-refractivity contribution in [2.24, 2.45) is 0 Å². The molecule has 0 aromatic heterocycles. The van der Waals surface area contributed by atoms with Gasteiger partial charge in [0.05, 0.1) is 16.5 Å². The van der Waals surface area contributed by atoms with E-state index in [4.69, 9.17) is 11.6 Å². The summed E-state index contributed by atoms with van der Waals surface area (Å²) < 4.78 is 55.1. The third-order valence-electron chi connectivity index (χ3n) is 4.16. The lowest BCUT2D eigenvalue weighted by Crippen LogP contribution is -2.49. The van der Waals surface area contributed by atoms with Crippen molar-refractivity contribution in [3.63, 3.8) is 0 Å². The number of rotatable bonds is 6. The molecule has 0 atom stereocenters. The van der Waals surface area contributed by atoms with E-state index in [0.29, 0.717) is 0 Å². The normalized spacial score (nSPS) is 15.0. The standard InChI is InChI=1S/C18H16ClF2N3O5S/c19-14-9-12(3-6-15(14)29-18(20)21)23-17(26)11-1-4-13(5-2-11)30(27,28)24-8-7-22-16(25)10-24/h1-6,9,18H,7-8,10H2,(H,22,25)(H,23,26).